The SMILES string of the molecule is O=C(O)c1csc2cnc(On3nnc4ccccc43)nc12. The van der Waals surface area contributed by atoms with Crippen molar-refractivity contribution >= 4 is 38.6 Å². The van der Waals surface area contributed by atoms with Gasteiger partial charge >= 0.3 is 12.0 Å². The van der Waals surface area contributed by atoms with Gasteiger partial charge in [0.2, 0.25) is 0 Å². The fraction of sp³-hybridized carbons (Fsp3) is 0. The summed E-state index contributed by atoms with van der Waals surface area (Å²) in [6, 6.07) is 7.27. The molecule has 0 amide bonds. The van der Waals surface area contributed by atoms with Crippen molar-refractivity contribution in [3.05, 3.63) is 41.4 Å². The smallest absolute Gasteiger partial charge is 0.346 e. The molecule has 4 rings (SSSR count). The molecule has 0 radical (unpaired) electrons. The van der Waals surface area contributed by atoms with Gasteiger partial charge in [-0.2, -0.15) is 4.98 Å². The topological polar surface area (TPSA) is 103 Å². The molecule has 3 heterocycles. The third-order valence-corrected chi connectivity index (χ3v) is 3.92. The lowest BCUT2D eigenvalue weighted by Crippen LogP contribution is -2.09. The summed E-state index contributed by atoms with van der Waals surface area (Å²) >= 11 is 1.27. The van der Waals surface area contributed by atoms with Crippen molar-refractivity contribution < 1.29 is 14.7 Å². The van der Waals surface area contributed by atoms with Crippen molar-refractivity contribution in [1.29, 1.82) is 0 Å². The molecule has 0 aliphatic heterocycles. The first kappa shape index (κ1) is 12.7. The minimum Gasteiger partial charge on any atom is -0.478 e. The van der Waals surface area contributed by atoms with Gasteiger partial charge in [-0.1, -0.05) is 17.0 Å². The molecule has 0 aliphatic carbocycles. The predicted molar refractivity (Wildman–Crippen MR) is 77.9 cm³/mol. The summed E-state index contributed by atoms with van der Waals surface area (Å²) in [5, 5.41) is 18.5. The number of aromatic nitrogens is 5. The van der Waals surface area contributed by atoms with Crippen LogP contribution in [0.4, 0.5) is 0 Å². The minimum absolute atomic E-state index is 0.00375. The number of hydrogen-bond donors (Lipinski definition) is 1. The van der Waals surface area contributed by atoms with E-state index >= 15 is 0 Å². The second-order valence-electron chi connectivity index (χ2n) is 4.36. The molecule has 1 aromatic carbocycles. The molecule has 0 saturated carbocycles. The first-order valence-corrected chi connectivity index (χ1v) is 7.06. The molecule has 0 aliphatic rings. The molecule has 9 heteroatoms. The molecule has 0 unspecified atom stereocenters. The number of aromatic carboxylic acids is 1. The van der Waals surface area contributed by atoms with Gasteiger partial charge in [0.1, 0.15) is 16.6 Å². The average molecular weight is 313 g/mol. The Bertz CT molecular complexity index is 1010. The van der Waals surface area contributed by atoms with Crippen LogP contribution < -0.4 is 4.84 Å². The molecule has 4 aromatic rings. The monoisotopic (exact) mass is 313 g/mol. The molecule has 0 atom stereocenters. The van der Waals surface area contributed by atoms with E-state index in [0.29, 0.717) is 21.3 Å². The van der Waals surface area contributed by atoms with E-state index in [-0.39, 0.29) is 11.6 Å². The van der Waals surface area contributed by atoms with Gasteiger partial charge in [0.05, 0.1) is 16.5 Å². The van der Waals surface area contributed by atoms with Crippen molar-refractivity contribution in [3.63, 3.8) is 0 Å². The number of nitrogens with zero attached hydrogens (tertiary/aromatic N) is 5. The summed E-state index contributed by atoms with van der Waals surface area (Å²) in [5.41, 5.74) is 1.79. The molecule has 1 N–H and O–H groups in total. The summed E-state index contributed by atoms with van der Waals surface area (Å²) in [5.74, 6) is -1.04. The Kier molecular flexibility index (Phi) is 2.73. The van der Waals surface area contributed by atoms with Crippen LogP contribution in [0.15, 0.2) is 35.8 Å². The summed E-state index contributed by atoms with van der Waals surface area (Å²) in [6.45, 7) is 0. The lowest BCUT2D eigenvalue weighted by molar-refractivity contribution is 0.0699. The zero-order valence-corrected chi connectivity index (χ0v) is 11.7. The average Bonchev–Trinajstić information content (AvgIpc) is 3.11. The zero-order valence-electron chi connectivity index (χ0n) is 10.9. The van der Waals surface area contributed by atoms with Gasteiger partial charge in [-0.15, -0.1) is 16.4 Å². The zero-order chi connectivity index (χ0) is 15.1. The molecular formula is C13H7N5O3S. The Labute approximate surface area is 126 Å². The van der Waals surface area contributed by atoms with E-state index in [1.54, 1.807) is 12.1 Å². The molecule has 0 bridgehead atoms. The van der Waals surface area contributed by atoms with Gasteiger partial charge in [-0.25, -0.2) is 9.78 Å². The second kappa shape index (κ2) is 4.74. The number of fused-ring (bicyclic) bond motifs is 2. The minimum atomic E-state index is -1.04. The molecule has 8 nitrogen and oxygen atoms in total. The third-order valence-electron chi connectivity index (χ3n) is 3.01. The van der Waals surface area contributed by atoms with Gasteiger partial charge in [0.15, 0.2) is 0 Å². The quantitative estimate of drug-likeness (QED) is 0.616. The van der Waals surface area contributed by atoms with Crippen molar-refractivity contribution in [2.45, 2.75) is 0 Å². The van der Waals surface area contributed by atoms with Crippen LogP contribution in [-0.2, 0) is 0 Å². The van der Waals surface area contributed by atoms with Gasteiger partial charge in [0, 0.05) is 5.38 Å². The Hall–Kier alpha value is -3.07. The van der Waals surface area contributed by atoms with Crippen molar-refractivity contribution in [2.24, 2.45) is 0 Å². The molecule has 3 aromatic heterocycles. The molecule has 108 valence electrons. The van der Waals surface area contributed by atoms with Crippen molar-refractivity contribution in [1.82, 2.24) is 25.1 Å². The highest BCUT2D eigenvalue weighted by atomic mass is 32.1. The van der Waals surface area contributed by atoms with Crippen LogP contribution in [-0.4, -0.2) is 36.2 Å². The normalized spacial score (nSPS) is 11.1. The largest absolute Gasteiger partial charge is 0.478 e. The summed E-state index contributed by atoms with van der Waals surface area (Å²) in [6.07, 6.45) is 1.52. The maximum atomic E-state index is 11.2. The number of benzene rings is 1. The Morgan fingerprint density at radius 3 is 3.05 bits per heavy atom. The molecule has 0 spiro atoms. The second-order valence-corrected chi connectivity index (χ2v) is 5.27. The number of para-hydroxylation sites is 1. The lowest BCUT2D eigenvalue weighted by atomic mass is 10.3. The van der Waals surface area contributed by atoms with Gasteiger partial charge in [-0.3, -0.25) is 0 Å². The van der Waals surface area contributed by atoms with Crippen LogP contribution in [0.1, 0.15) is 10.4 Å². The van der Waals surface area contributed by atoms with Crippen LogP contribution in [0.5, 0.6) is 6.01 Å². The molecule has 0 saturated heterocycles. The highest BCUT2D eigenvalue weighted by molar-refractivity contribution is 7.17. The van der Waals surface area contributed by atoms with E-state index in [0.717, 1.165) is 0 Å². The third kappa shape index (κ3) is 1.95. The number of hydrogen-bond acceptors (Lipinski definition) is 7. The Morgan fingerprint density at radius 1 is 1.32 bits per heavy atom. The van der Waals surface area contributed by atoms with Crippen LogP contribution >= 0.6 is 11.3 Å². The van der Waals surface area contributed by atoms with Gasteiger partial charge in [-0.05, 0) is 17.3 Å². The Morgan fingerprint density at radius 2 is 2.18 bits per heavy atom. The highest BCUT2D eigenvalue weighted by Crippen LogP contribution is 2.25. The van der Waals surface area contributed by atoms with Gasteiger partial charge in [0.25, 0.3) is 0 Å². The number of carboxylic acid groups (broad SMARTS) is 1. The standard InChI is InChI=1S/C13H7N5O3S/c19-12(20)7-6-22-10-5-14-13(15-11(7)10)21-18-9-4-2-1-3-8(9)16-17-18/h1-6H,(H,19,20). The van der Waals surface area contributed by atoms with E-state index in [1.165, 1.54) is 27.8 Å². The van der Waals surface area contributed by atoms with Crippen molar-refractivity contribution in [3.8, 4) is 6.01 Å². The van der Waals surface area contributed by atoms with E-state index < -0.39 is 5.97 Å². The first-order valence-electron chi connectivity index (χ1n) is 6.19. The molecular weight excluding hydrogens is 306 g/mol. The van der Waals surface area contributed by atoms with Crippen LogP contribution in [0.3, 0.4) is 0 Å². The fourth-order valence-electron chi connectivity index (χ4n) is 2.00. The van der Waals surface area contributed by atoms with Crippen LogP contribution in [0.2, 0.25) is 0 Å². The number of thiophene rings is 1. The van der Waals surface area contributed by atoms with Crippen LogP contribution in [0.25, 0.3) is 21.3 Å². The number of rotatable bonds is 3. The van der Waals surface area contributed by atoms with Crippen molar-refractivity contribution in [2.75, 3.05) is 0 Å². The van der Waals surface area contributed by atoms with Gasteiger partial charge < -0.3 is 9.94 Å². The first-order chi connectivity index (χ1) is 10.7. The molecule has 0 fully saturated rings. The lowest BCUT2D eigenvalue weighted by Gasteiger charge is -2.02. The van der Waals surface area contributed by atoms with E-state index in [4.69, 9.17) is 9.94 Å². The van der Waals surface area contributed by atoms with Crippen LogP contribution in [0, 0.1) is 0 Å². The summed E-state index contributed by atoms with van der Waals surface area (Å²) < 4.78 is 0.674. The predicted octanol–water partition coefficient (Wildman–Crippen LogP) is 1.98. The maximum Gasteiger partial charge on any atom is 0.346 e. The maximum absolute atomic E-state index is 11.2. The fourth-order valence-corrected chi connectivity index (χ4v) is 2.84. The molecule has 22 heavy (non-hydrogen) atoms. The summed E-state index contributed by atoms with van der Waals surface area (Å²) in [4.78, 5) is 26.0. The number of carboxylic acids is 1. The number of carbonyl (C=O) groups is 1. The summed E-state index contributed by atoms with van der Waals surface area (Å²) in [7, 11) is 0. The van der Waals surface area contributed by atoms with E-state index in [1.807, 2.05) is 12.1 Å². The highest BCUT2D eigenvalue weighted by Gasteiger charge is 2.15. The van der Waals surface area contributed by atoms with E-state index in [9.17, 15) is 4.79 Å². The Balaban J connectivity index is 1.78. The van der Waals surface area contributed by atoms with E-state index in [2.05, 4.69) is 20.3 Å².